The van der Waals surface area contributed by atoms with Crippen LogP contribution in [0.25, 0.3) is 0 Å². The molecule has 1 amide bonds. The van der Waals surface area contributed by atoms with Crippen molar-refractivity contribution in [1.82, 2.24) is 5.32 Å². The minimum absolute atomic E-state index is 0.312. The molecule has 0 fully saturated rings. The van der Waals surface area contributed by atoms with Gasteiger partial charge in [-0.1, -0.05) is 0 Å². The minimum Gasteiger partial charge on any atom is -0.448 e. The molecule has 1 unspecified atom stereocenters. The first-order valence-electron chi connectivity index (χ1n) is 4.31. The van der Waals surface area contributed by atoms with E-state index in [0.717, 1.165) is 13.0 Å². The van der Waals surface area contributed by atoms with Gasteiger partial charge in [-0.15, -0.1) is 0 Å². The zero-order valence-corrected chi connectivity index (χ0v) is 8.21. The van der Waals surface area contributed by atoms with Crippen molar-refractivity contribution in [2.24, 2.45) is 5.73 Å². The second kappa shape index (κ2) is 7.82. The van der Waals surface area contributed by atoms with Gasteiger partial charge in [0.1, 0.15) is 6.61 Å². The third-order valence-corrected chi connectivity index (χ3v) is 1.59. The zero-order valence-electron chi connectivity index (χ0n) is 8.21. The Morgan fingerprint density at radius 3 is 2.77 bits per heavy atom. The van der Waals surface area contributed by atoms with Crippen LogP contribution < -0.4 is 11.1 Å². The lowest BCUT2D eigenvalue weighted by Gasteiger charge is -2.12. The molecule has 0 aromatic heterocycles. The van der Waals surface area contributed by atoms with Crippen molar-refractivity contribution in [3.8, 4) is 0 Å². The monoisotopic (exact) mass is 190 g/mol. The lowest BCUT2D eigenvalue weighted by Crippen LogP contribution is -2.31. The number of methoxy groups -OCH3 is 1. The molecule has 0 aliphatic carbocycles. The zero-order chi connectivity index (χ0) is 10.1. The average molecular weight is 190 g/mol. The summed E-state index contributed by atoms with van der Waals surface area (Å²) in [5.41, 5.74) is 4.78. The third-order valence-electron chi connectivity index (χ3n) is 1.59. The second-order valence-electron chi connectivity index (χ2n) is 2.80. The van der Waals surface area contributed by atoms with Gasteiger partial charge in [0.2, 0.25) is 0 Å². The van der Waals surface area contributed by atoms with Gasteiger partial charge < -0.3 is 20.5 Å². The van der Waals surface area contributed by atoms with Crippen molar-refractivity contribution in [3.05, 3.63) is 0 Å². The molecule has 0 bridgehead atoms. The molecule has 0 saturated carbocycles. The summed E-state index contributed by atoms with van der Waals surface area (Å²) in [7, 11) is 1.67. The molecule has 0 heterocycles. The second-order valence-corrected chi connectivity index (χ2v) is 2.80. The van der Waals surface area contributed by atoms with E-state index in [1.54, 1.807) is 7.11 Å². The number of carbonyl (C=O) groups is 1. The Morgan fingerprint density at radius 1 is 1.54 bits per heavy atom. The Morgan fingerprint density at radius 2 is 2.23 bits per heavy atom. The first-order chi connectivity index (χ1) is 6.16. The fraction of sp³-hybridized carbons (Fsp3) is 0.875. The highest BCUT2D eigenvalue weighted by atomic mass is 16.5. The molecular formula is C8H18N2O3. The molecule has 5 nitrogen and oxygen atoms in total. The number of nitrogens with one attached hydrogen (secondary N) is 1. The van der Waals surface area contributed by atoms with Gasteiger partial charge in [0.15, 0.2) is 0 Å². The van der Waals surface area contributed by atoms with Gasteiger partial charge in [-0.05, 0) is 13.3 Å². The molecular weight excluding hydrogens is 172 g/mol. The number of carbonyl (C=O) groups excluding carboxylic acids is 1. The van der Waals surface area contributed by atoms with Gasteiger partial charge in [-0.2, -0.15) is 0 Å². The van der Waals surface area contributed by atoms with Gasteiger partial charge in [-0.25, -0.2) is 4.79 Å². The van der Waals surface area contributed by atoms with E-state index in [0.29, 0.717) is 19.2 Å². The molecule has 78 valence electrons. The first kappa shape index (κ1) is 12.2. The molecule has 13 heavy (non-hydrogen) atoms. The average Bonchev–Trinajstić information content (AvgIpc) is 2.08. The van der Waals surface area contributed by atoms with Crippen molar-refractivity contribution in [2.75, 3.05) is 26.9 Å². The number of hydrogen-bond acceptors (Lipinski definition) is 4. The summed E-state index contributed by atoms with van der Waals surface area (Å²) in [5.74, 6) is 0. The molecule has 0 radical (unpaired) electrons. The van der Waals surface area contributed by atoms with E-state index in [2.05, 4.69) is 10.1 Å². The standard InChI is InChI=1S/C8H18N2O3/c1-7(3-5-12-2)10-4-6-13-8(9)11/h7,10H,3-6H2,1-2H3,(H2,9,11). The van der Waals surface area contributed by atoms with Gasteiger partial charge in [-0.3, -0.25) is 0 Å². The van der Waals surface area contributed by atoms with Crippen LogP contribution in [-0.4, -0.2) is 39.0 Å². The van der Waals surface area contributed by atoms with E-state index in [1.807, 2.05) is 6.92 Å². The third kappa shape index (κ3) is 9.10. The minimum atomic E-state index is -0.730. The van der Waals surface area contributed by atoms with Crippen LogP contribution in [0.15, 0.2) is 0 Å². The SMILES string of the molecule is COCCC(C)NCCOC(N)=O. The largest absolute Gasteiger partial charge is 0.448 e. The Kier molecular flexibility index (Phi) is 7.33. The van der Waals surface area contributed by atoms with Gasteiger partial charge in [0.05, 0.1) is 0 Å². The maximum Gasteiger partial charge on any atom is 0.404 e. The van der Waals surface area contributed by atoms with Crippen molar-refractivity contribution in [3.63, 3.8) is 0 Å². The normalized spacial score (nSPS) is 12.5. The summed E-state index contributed by atoms with van der Waals surface area (Å²) in [6.07, 6.45) is 0.207. The molecule has 0 aliphatic heterocycles. The van der Waals surface area contributed by atoms with Crippen LogP contribution in [0.3, 0.4) is 0 Å². The Labute approximate surface area is 78.6 Å². The molecule has 0 rings (SSSR count). The molecule has 0 aromatic carbocycles. The van der Waals surface area contributed by atoms with Crippen molar-refractivity contribution in [1.29, 1.82) is 0 Å². The summed E-state index contributed by atoms with van der Waals surface area (Å²) < 4.78 is 9.45. The molecule has 0 saturated heterocycles. The Balaban J connectivity index is 3.16. The van der Waals surface area contributed by atoms with E-state index in [1.165, 1.54) is 0 Å². The predicted molar refractivity (Wildman–Crippen MR) is 49.5 cm³/mol. The number of nitrogens with two attached hydrogens (primary N) is 1. The van der Waals surface area contributed by atoms with E-state index in [4.69, 9.17) is 10.5 Å². The van der Waals surface area contributed by atoms with Crippen molar-refractivity contribution in [2.45, 2.75) is 19.4 Å². The predicted octanol–water partition coefficient (Wildman–Crippen LogP) is 0.0963. The number of amides is 1. The summed E-state index contributed by atoms with van der Waals surface area (Å²) in [6.45, 7) is 3.70. The quantitative estimate of drug-likeness (QED) is 0.558. The van der Waals surface area contributed by atoms with E-state index in [-0.39, 0.29) is 0 Å². The van der Waals surface area contributed by atoms with Gasteiger partial charge >= 0.3 is 6.09 Å². The highest BCUT2D eigenvalue weighted by Gasteiger charge is 2.00. The maximum absolute atomic E-state index is 10.2. The van der Waals surface area contributed by atoms with Crippen LogP contribution in [-0.2, 0) is 9.47 Å². The Bertz CT molecular complexity index is 141. The molecule has 3 N–H and O–H groups in total. The van der Waals surface area contributed by atoms with E-state index in [9.17, 15) is 4.79 Å². The molecule has 5 heteroatoms. The summed E-state index contributed by atoms with van der Waals surface area (Å²) in [6, 6.07) is 0.358. The number of ether oxygens (including phenoxy) is 2. The first-order valence-corrected chi connectivity index (χ1v) is 4.31. The topological polar surface area (TPSA) is 73.6 Å². The lowest BCUT2D eigenvalue weighted by atomic mass is 10.2. The van der Waals surface area contributed by atoms with Gasteiger partial charge in [0.25, 0.3) is 0 Å². The Hall–Kier alpha value is -0.810. The van der Waals surface area contributed by atoms with Crippen LogP contribution >= 0.6 is 0 Å². The van der Waals surface area contributed by atoms with Crippen molar-refractivity contribution >= 4 is 6.09 Å². The fourth-order valence-electron chi connectivity index (χ4n) is 0.854. The summed E-state index contributed by atoms with van der Waals surface area (Å²) >= 11 is 0. The molecule has 1 atom stereocenters. The van der Waals surface area contributed by atoms with Crippen LogP contribution in [0, 0.1) is 0 Å². The number of rotatable bonds is 7. The van der Waals surface area contributed by atoms with Crippen LogP contribution in [0.1, 0.15) is 13.3 Å². The van der Waals surface area contributed by atoms with Crippen LogP contribution in [0.2, 0.25) is 0 Å². The maximum atomic E-state index is 10.2. The lowest BCUT2D eigenvalue weighted by molar-refractivity contribution is 0.153. The molecule has 0 aliphatic rings. The van der Waals surface area contributed by atoms with E-state index >= 15 is 0 Å². The van der Waals surface area contributed by atoms with Gasteiger partial charge in [0, 0.05) is 26.3 Å². The highest BCUT2D eigenvalue weighted by molar-refractivity contribution is 5.64. The molecule has 0 spiro atoms. The summed E-state index contributed by atoms with van der Waals surface area (Å²) in [5, 5.41) is 3.16. The van der Waals surface area contributed by atoms with E-state index < -0.39 is 6.09 Å². The fourth-order valence-corrected chi connectivity index (χ4v) is 0.854. The number of primary amides is 1. The van der Waals surface area contributed by atoms with Crippen LogP contribution in [0.5, 0.6) is 0 Å². The smallest absolute Gasteiger partial charge is 0.404 e. The van der Waals surface area contributed by atoms with Crippen LogP contribution in [0.4, 0.5) is 4.79 Å². The number of hydrogen-bond donors (Lipinski definition) is 2. The van der Waals surface area contributed by atoms with Crippen molar-refractivity contribution < 1.29 is 14.3 Å². The highest BCUT2D eigenvalue weighted by Crippen LogP contribution is 1.89. The molecule has 0 aromatic rings. The summed E-state index contributed by atoms with van der Waals surface area (Å²) in [4.78, 5) is 10.2.